The molecule has 0 saturated carbocycles. The van der Waals surface area contributed by atoms with Crippen molar-refractivity contribution in [3.05, 3.63) is 29.6 Å². The highest BCUT2D eigenvalue weighted by molar-refractivity contribution is 7.91. The van der Waals surface area contributed by atoms with E-state index in [1.54, 1.807) is 32.9 Å². The second kappa shape index (κ2) is 5.49. The van der Waals surface area contributed by atoms with Crippen LogP contribution in [0.2, 0.25) is 0 Å². The maximum absolute atomic E-state index is 13.0. The van der Waals surface area contributed by atoms with Crippen LogP contribution in [-0.2, 0) is 9.84 Å². The molecule has 0 aliphatic rings. The Kier molecular flexibility index (Phi) is 4.51. The van der Waals surface area contributed by atoms with Gasteiger partial charge in [0.25, 0.3) is 0 Å². The Bertz CT molecular complexity index is 485. The Morgan fingerprint density at radius 2 is 2.06 bits per heavy atom. The van der Waals surface area contributed by atoms with Gasteiger partial charge in [-0.15, -0.1) is 0 Å². The minimum atomic E-state index is -2.99. The van der Waals surface area contributed by atoms with Crippen LogP contribution in [0.3, 0.4) is 0 Å². The van der Waals surface area contributed by atoms with Crippen molar-refractivity contribution in [2.24, 2.45) is 0 Å². The molecule has 1 N–H and O–H groups in total. The fourth-order valence-electron chi connectivity index (χ4n) is 1.56. The summed E-state index contributed by atoms with van der Waals surface area (Å²) >= 11 is 0. The number of hydrogen-bond donors (Lipinski definition) is 1. The summed E-state index contributed by atoms with van der Waals surface area (Å²) < 4.78 is 35.9. The van der Waals surface area contributed by atoms with E-state index in [1.807, 2.05) is 0 Å². The van der Waals surface area contributed by atoms with Gasteiger partial charge >= 0.3 is 0 Å². The summed E-state index contributed by atoms with van der Waals surface area (Å²) in [5.41, 5.74) is 1.28. The molecular weight excluding hydrogens is 241 g/mol. The van der Waals surface area contributed by atoms with Crippen LogP contribution in [0.4, 0.5) is 10.1 Å². The van der Waals surface area contributed by atoms with Crippen LogP contribution in [0, 0.1) is 12.7 Å². The van der Waals surface area contributed by atoms with E-state index in [4.69, 9.17) is 0 Å². The summed E-state index contributed by atoms with van der Waals surface area (Å²) in [5, 5.41) is 3.05. The minimum absolute atomic E-state index is 0.0833. The number of rotatable bonds is 5. The summed E-state index contributed by atoms with van der Waals surface area (Å²) in [7, 11) is -2.99. The first kappa shape index (κ1) is 14.0. The molecule has 0 radical (unpaired) electrons. The number of benzene rings is 1. The van der Waals surface area contributed by atoms with Gasteiger partial charge in [0, 0.05) is 17.5 Å². The van der Waals surface area contributed by atoms with Crippen LogP contribution in [0.25, 0.3) is 0 Å². The third kappa shape index (κ3) is 4.34. The van der Waals surface area contributed by atoms with E-state index in [2.05, 4.69) is 5.32 Å². The maximum Gasteiger partial charge on any atom is 0.152 e. The van der Waals surface area contributed by atoms with Crippen molar-refractivity contribution in [1.82, 2.24) is 0 Å². The first-order valence-electron chi connectivity index (χ1n) is 5.57. The lowest BCUT2D eigenvalue weighted by Crippen LogP contribution is -2.26. The number of sulfone groups is 1. The molecule has 0 aliphatic carbocycles. The zero-order valence-corrected chi connectivity index (χ0v) is 11.1. The van der Waals surface area contributed by atoms with E-state index in [9.17, 15) is 12.8 Å². The van der Waals surface area contributed by atoms with Gasteiger partial charge in [0.2, 0.25) is 0 Å². The van der Waals surface area contributed by atoms with Gasteiger partial charge in [0.05, 0.1) is 5.75 Å². The molecule has 0 amide bonds. The van der Waals surface area contributed by atoms with Crippen LogP contribution >= 0.6 is 0 Å². The lowest BCUT2D eigenvalue weighted by molar-refractivity contribution is 0.593. The summed E-state index contributed by atoms with van der Waals surface area (Å²) in [6, 6.07) is 4.46. The lowest BCUT2D eigenvalue weighted by Gasteiger charge is -2.15. The zero-order valence-electron chi connectivity index (χ0n) is 10.3. The number of hydrogen-bond acceptors (Lipinski definition) is 3. The Balaban J connectivity index is 2.68. The maximum atomic E-state index is 13.0. The summed E-state index contributed by atoms with van der Waals surface area (Å²) in [5.74, 6) is -0.0362. The third-order valence-electron chi connectivity index (χ3n) is 2.51. The quantitative estimate of drug-likeness (QED) is 0.883. The Morgan fingerprint density at radius 1 is 1.41 bits per heavy atom. The van der Waals surface area contributed by atoms with E-state index < -0.39 is 9.84 Å². The molecule has 1 aromatic carbocycles. The SMILES string of the molecule is CCS(=O)(=O)CC(C)Nc1ccc(F)c(C)c1. The largest absolute Gasteiger partial charge is 0.382 e. The highest BCUT2D eigenvalue weighted by atomic mass is 32.2. The van der Waals surface area contributed by atoms with Crippen molar-refractivity contribution in [3.8, 4) is 0 Å². The molecule has 17 heavy (non-hydrogen) atoms. The lowest BCUT2D eigenvalue weighted by atomic mass is 10.2. The van der Waals surface area contributed by atoms with Gasteiger partial charge in [-0.3, -0.25) is 0 Å². The molecule has 0 spiro atoms. The van der Waals surface area contributed by atoms with Gasteiger partial charge < -0.3 is 5.32 Å². The number of aryl methyl sites for hydroxylation is 1. The molecule has 0 fully saturated rings. The van der Waals surface area contributed by atoms with E-state index >= 15 is 0 Å². The van der Waals surface area contributed by atoms with Gasteiger partial charge in [-0.1, -0.05) is 6.92 Å². The molecule has 0 saturated heterocycles. The van der Waals surface area contributed by atoms with Crippen molar-refractivity contribution in [3.63, 3.8) is 0 Å². The Hall–Kier alpha value is -1.10. The van der Waals surface area contributed by atoms with Crippen LogP contribution in [-0.4, -0.2) is 26.0 Å². The van der Waals surface area contributed by atoms with Gasteiger partial charge in [-0.25, -0.2) is 12.8 Å². The molecule has 0 aromatic heterocycles. The third-order valence-corrected chi connectivity index (χ3v) is 4.40. The van der Waals surface area contributed by atoms with Crippen molar-refractivity contribution >= 4 is 15.5 Å². The van der Waals surface area contributed by atoms with Crippen LogP contribution in [0.1, 0.15) is 19.4 Å². The van der Waals surface area contributed by atoms with E-state index in [1.165, 1.54) is 6.07 Å². The fourth-order valence-corrected chi connectivity index (χ4v) is 2.64. The molecule has 0 aliphatic heterocycles. The van der Waals surface area contributed by atoms with E-state index in [-0.39, 0.29) is 23.4 Å². The minimum Gasteiger partial charge on any atom is -0.382 e. The highest BCUT2D eigenvalue weighted by Gasteiger charge is 2.13. The number of anilines is 1. The van der Waals surface area contributed by atoms with Crippen LogP contribution in [0.15, 0.2) is 18.2 Å². The Morgan fingerprint density at radius 3 is 2.59 bits per heavy atom. The van der Waals surface area contributed by atoms with E-state index in [0.717, 1.165) is 5.69 Å². The number of nitrogens with one attached hydrogen (secondary N) is 1. The number of halogens is 1. The smallest absolute Gasteiger partial charge is 0.152 e. The first-order chi connectivity index (χ1) is 7.84. The molecular formula is C12H18FNO2S. The summed E-state index contributed by atoms with van der Waals surface area (Å²) in [6.07, 6.45) is 0. The van der Waals surface area contributed by atoms with Crippen molar-refractivity contribution < 1.29 is 12.8 Å². The molecule has 1 atom stereocenters. The summed E-state index contributed by atoms with van der Waals surface area (Å²) in [6.45, 7) is 5.10. The van der Waals surface area contributed by atoms with Crippen LogP contribution in [0.5, 0.6) is 0 Å². The first-order valence-corrected chi connectivity index (χ1v) is 7.39. The predicted molar refractivity (Wildman–Crippen MR) is 68.5 cm³/mol. The molecule has 3 nitrogen and oxygen atoms in total. The van der Waals surface area contributed by atoms with Gasteiger partial charge in [0.1, 0.15) is 5.82 Å². The monoisotopic (exact) mass is 259 g/mol. The molecule has 1 rings (SSSR count). The summed E-state index contributed by atoms with van der Waals surface area (Å²) in [4.78, 5) is 0. The Labute approximate surface area is 102 Å². The van der Waals surface area contributed by atoms with E-state index in [0.29, 0.717) is 5.56 Å². The molecule has 1 unspecified atom stereocenters. The van der Waals surface area contributed by atoms with Gasteiger partial charge in [-0.2, -0.15) is 0 Å². The topological polar surface area (TPSA) is 46.2 Å². The second-order valence-electron chi connectivity index (χ2n) is 4.21. The van der Waals surface area contributed by atoms with Crippen molar-refractivity contribution in [2.45, 2.75) is 26.8 Å². The van der Waals surface area contributed by atoms with Crippen molar-refractivity contribution in [1.29, 1.82) is 0 Å². The fraction of sp³-hybridized carbons (Fsp3) is 0.500. The molecule has 0 bridgehead atoms. The molecule has 96 valence electrons. The standard InChI is InChI=1S/C12H18FNO2S/c1-4-17(15,16)8-10(3)14-11-5-6-12(13)9(2)7-11/h5-7,10,14H,4,8H2,1-3H3. The second-order valence-corrected chi connectivity index (χ2v) is 6.61. The average Bonchev–Trinajstić information content (AvgIpc) is 2.23. The molecule has 5 heteroatoms. The van der Waals surface area contributed by atoms with Crippen LogP contribution < -0.4 is 5.32 Å². The predicted octanol–water partition coefficient (Wildman–Crippen LogP) is 2.37. The zero-order chi connectivity index (χ0) is 13.1. The van der Waals surface area contributed by atoms with Crippen molar-refractivity contribution in [2.75, 3.05) is 16.8 Å². The molecule has 1 aromatic rings. The average molecular weight is 259 g/mol. The highest BCUT2D eigenvalue weighted by Crippen LogP contribution is 2.15. The molecule has 0 heterocycles. The van der Waals surface area contributed by atoms with Gasteiger partial charge in [0.15, 0.2) is 9.84 Å². The van der Waals surface area contributed by atoms with Gasteiger partial charge in [-0.05, 0) is 37.6 Å². The normalized spacial score (nSPS) is 13.4.